The van der Waals surface area contributed by atoms with E-state index in [0.717, 1.165) is 6.42 Å². The molecule has 0 aliphatic carbocycles. The minimum atomic E-state index is -2.87. The molecule has 0 spiro atoms. The molecule has 0 amide bonds. The van der Waals surface area contributed by atoms with Crippen LogP contribution < -0.4 is 5.32 Å². The van der Waals surface area contributed by atoms with E-state index in [0.29, 0.717) is 19.3 Å². The molecule has 16 heavy (non-hydrogen) atoms. The Hall–Kier alpha value is -0.620. The standard InChI is InChI=1S/C10H19NO4S/c1-2-3-9(10(12)13)11-8-4-6-16(14,15)7-5-8/h8-9,11H,2-7H2,1H3,(H,12,13). The fourth-order valence-corrected chi connectivity index (χ4v) is 3.40. The molecule has 1 heterocycles. The number of carbonyl (C=O) groups is 1. The fraction of sp³-hybridized carbons (Fsp3) is 0.900. The second-order valence-electron chi connectivity index (χ2n) is 4.27. The van der Waals surface area contributed by atoms with Gasteiger partial charge in [0.25, 0.3) is 0 Å². The van der Waals surface area contributed by atoms with E-state index in [-0.39, 0.29) is 17.5 Å². The molecular weight excluding hydrogens is 230 g/mol. The molecule has 1 fully saturated rings. The maximum Gasteiger partial charge on any atom is 0.320 e. The van der Waals surface area contributed by atoms with Crippen LogP contribution in [-0.4, -0.2) is 43.1 Å². The van der Waals surface area contributed by atoms with Crippen molar-refractivity contribution >= 4 is 15.8 Å². The molecule has 2 N–H and O–H groups in total. The van der Waals surface area contributed by atoms with Crippen molar-refractivity contribution in [2.24, 2.45) is 0 Å². The Balaban J connectivity index is 2.45. The molecule has 1 rings (SSSR count). The quantitative estimate of drug-likeness (QED) is 0.737. The summed E-state index contributed by atoms with van der Waals surface area (Å²) in [6, 6.07) is -0.521. The maximum atomic E-state index is 11.2. The Labute approximate surface area is 96.1 Å². The molecule has 94 valence electrons. The van der Waals surface area contributed by atoms with E-state index in [4.69, 9.17) is 5.11 Å². The molecule has 0 radical (unpaired) electrons. The van der Waals surface area contributed by atoms with E-state index in [1.54, 1.807) is 0 Å². The summed E-state index contributed by atoms with van der Waals surface area (Å²) in [5.41, 5.74) is 0. The predicted octanol–water partition coefficient (Wildman–Crippen LogP) is 0.406. The van der Waals surface area contributed by atoms with Crippen LogP contribution in [0.5, 0.6) is 0 Å². The normalized spacial score (nSPS) is 22.8. The molecule has 1 saturated heterocycles. The van der Waals surface area contributed by atoms with E-state index < -0.39 is 21.8 Å². The monoisotopic (exact) mass is 249 g/mol. The van der Waals surface area contributed by atoms with Gasteiger partial charge in [-0.3, -0.25) is 4.79 Å². The van der Waals surface area contributed by atoms with Crippen molar-refractivity contribution in [3.8, 4) is 0 Å². The smallest absolute Gasteiger partial charge is 0.320 e. The summed E-state index contributed by atoms with van der Waals surface area (Å²) in [6.45, 7) is 1.93. The van der Waals surface area contributed by atoms with E-state index >= 15 is 0 Å². The van der Waals surface area contributed by atoms with Crippen molar-refractivity contribution in [3.05, 3.63) is 0 Å². The maximum absolute atomic E-state index is 11.2. The number of nitrogens with one attached hydrogen (secondary N) is 1. The van der Waals surface area contributed by atoms with Gasteiger partial charge in [0, 0.05) is 6.04 Å². The number of sulfone groups is 1. The first-order valence-corrected chi connectivity index (χ1v) is 7.46. The van der Waals surface area contributed by atoms with Crippen LogP contribution in [0.4, 0.5) is 0 Å². The van der Waals surface area contributed by atoms with Gasteiger partial charge in [-0.25, -0.2) is 8.42 Å². The highest BCUT2D eigenvalue weighted by Crippen LogP contribution is 2.13. The SMILES string of the molecule is CCCC(NC1CCS(=O)(=O)CC1)C(=O)O. The van der Waals surface area contributed by atoms with Crippen molar-refractivity contribution in [3.63, 3.8) is 0 Å². The van der Waals surface area contributed by atoms with E-state index in [9.17, 15) is 13.2 Å². The summed E-state index contributed by atoms with van der Waals surface area (Å²) in [6.07, 6.45) is 2.43. The Kier molecular flexibility index (Phi) is 4.73. The molecule has 0 saturated carbocycles. The summed E-state index contributed by atoms with van der Waals surface area (Å²) in [4.78, 5) is 10.9. The van der Waals surface area contributed by atoms with Gasteiger partial charge >= 0.3 is 5.97 Å². The zero-order chi connectivity index (χ0) is 12.2. The topological polar surface area (TPSA) is 83.5 Å². The second kappa shape index (κ2) is 5.63. The Morgan fingerprint density at radius 1 is 1.44 bits per heavy atom. The zero-order valence-corrected chi connectivity index (χ0v) is 10.3. The van der Waals surface area contributed by atoms with Crippen molar-refractivity contribution in [1.29, 1.82) is 0 Å². The molecule has 0 aromatic rings. The van der Waals surface area contributed by atoms with E-state index in [2.05, 4.69) is 5.32 Å². The van der Waals surface area contributed by atoms with Gasteiger partial charge in [0.15, 0.2) is 0 Å². The average Bonchev–Trinajstić information content (AvgIpc) is 2.20. The summed E-state index contributed by atoms with van der Waals surface area (Å²) >= 11 is 0. The highest BCUT2D eigenvalue weighted by atomic mass is 32.2. The molecule has 1 aliphatic heterocycles. The number of hydrogen-bond donors (Lipinski definition) is 2. The van der Waals surface area contributed by atoms with Gasteiger partial charge < -0.3 is 10.4 Å². The predicted molar refractivity (Wildman–Crippen MR) is 61.1 cm³/mol. The minimum absolute atomic E-state index is 0.0242. The van der Waals surface area contributed by atoms with Crippen molar-refractivity contribution in [2.75, 3.05) is 11.5 Å². The van der Waals surface area contributed by atoms with E-state index in [1.165, 1.54) is 0 Å². The van der Waals surface area contributed by atoms with Gasteiger partial charge in [0.05, 0.1) is 11.5 Å². The van der Waals surface area contributed by atoms with Crippen LogP contribution in [0, 0.1) is 0 Å². The highest BCUT2D eigenvalue weighted by molar-refractivity contribution is 7.91. The fourth-order valence-electron chi connectivity index (χ4n) is 1.91. The van der Waals surface area contributed by atoms with Crippen molar-refractivity contribution in [2.45, 2.75) is 44.7 Å². The summed E-state index contributed by atoms with van der Waals surface area (Å²) in [7, 11) is -2.87. The number of rotatable bonds is 5. The Bertz CT molecular complexity index is 325. The van der Waals surface area contributed by atoms with Crippen LogP contribution in [0.3, 0.4) is 0 Å². The van der Waals surface area contributed by atoms with Crippen molar-refractivity contribution in [1.82, 2.24) is 5.32 Å². The van der Waals surface area contributed by atoms with Crippen LogP contribution in [-0.2, 0) is 14.6 Å². The Morgan fingerprint density at radius 2 is 2.00 bits per heavy atom. The number of carboxylic acid groups (broad SMARTS) is 1. The summed E-state index contributed by atoms with van der Waals surface area (Å²) in [5, 5.41) is 12.0. The van der Waals surface area contributed by atoms with Gasteiger partial charge in [-0.05, 0) is 19.3 Å². The molecule has 1 atom stereocenters. The van der Waals surface area contributed by atoms with Crippen LogP contribution in [0.15, 0.2) is 0 Å². The molecule has 6 heteroatoms. The largest absolute Gasteiger partial charge is 0.480 e. The third kappa shape index (κ3) is 4.09. The lowest BCUT2D eigenvalue weighted by molar-refractivity contribution is -0.139. The number of hydrogen-bond acceptors (Lipinski definition) is 4. The van der Waals surface area contributed by atoms with Crippen LogP contribution in [0.2, 0.25) is 0 Å². The van der Waals surface area contributed by atoms with Gasteiger partial charge in [-0.1, -0.05) is 13.3 Å². The van der Waals surface area contributed by atoms with Crippen LogP contribution in [0.1, 0.15) is 32.6 Å². The summed E-state index contributed by atoms with van der Waals surface area (Å²) in [5.74, 6) is -0.512. The third-order valence-corrected chi connectivity index (χ3v) is 4.58. The Morgan fingerprint density at radius 3 is 2.44 bits per heavy atom. The summed E-state index contributed by atoms with van der Waals surface area (Å²) < 4.78 is 22.4. The molecule has 0 aromatic heterocycles. The average molecular weight is 249 g/mol. The zero-order valence-electron chi connectivity index (χ0n) is 9.48. The lowest BCUT2D eigenvalue weighted by Gasteiger charge is -2.26. The molecule has 0 bridgehead atoms. The third-order valence-electron chi connectivity index (χ3n) is 2.87. The van der Waals surface area contributed by atoms with Crippen LogP contribution in [0.25, 0.3) is 0 Å². The first-order chi connectivity index (χ1) is 7.44. The van der Waals surface area contributed by atoms with Crippen molar-refractivity contribution < 1.29 is 18.3 Å². The molecule has 1 unspecified atom stereocenters. The molecular formula is C10H19NO4S. The molecule has 0 aromatic carbocycles. The van der Waals surface area contributed by atoms with E-state index in [1.807, 2.05) is 6.92 Å². The number of carboxylic acids is 1. The van der Waals surface area contributed by atoms with Gasteiger partial charge in [0.1, 0.15) is 15.9 Å². The minimum Gasteiger partial charge on any atom is -0.480 e. The first kappa shape index (κ1) is 13.4. The number of aliphatic carboxylic acids is 1. The highest BCUT2D eigenvalue weighted by Gasteiger charge is 2.27. The first-order valence-electron chi connectivity index (χ1n) is 5.64. The molecule has 1 aliphatic rings. The second-order valence-corrected chi connectivity index (χ2v) is 6.58. The van der Waals surface area contributed by atoms with Gasteiger partial charge in [-0.15, -0.1) is 0 Å². The van der Waals surface area contributed by atoms with Gasteiger partial charge in [0.2, 0.25) is 0 Å². The molecule has 5 nitrogen and oxygen atoms in total. The van der Waals surface area contributed by atoms with Crippen LogP contribution >= 0.6 is 0 Å². The lowest BCUT2D eigenvalue weighted by Crippen LogP contribution is -2.46. The lowest BCUT2D eigenvalue weighted by atomic mass is 10.1. The van der Waals surface area contributed by atoms with Gasteiger partial charge in [-0.2, -0.15) is 0 Å².